The van der Waals surface area contributed by atoms with Gasteiger partial charge in [-0.2, -0.15) is 0 Å². The van der Waals surface area contributed by atoms with Crippen molar-refractivity contribution < 1.29 is 13.9 Å². The maximum absolute atomic E-state index is 13.8. The third kappa shape index (κ3) is 1.80. The molecule has 0 bridgehead atoms. The highest BCUT2D eigenvalue weighted by Crippen LogP contribution is 2.30. The standard InChI is InChI=1S/C12H14FNO2/c1-14-6-5-11(15)12(14)9-4-3-8(16-2)7-10(9)13/h3-4,7,12H,5-6H2,1-2H3. The molecule has 0 spiro atoms. The number of benzene rings is 1. The van der Waals surface area contributed by atoms with Crippen LogP contribution in [0.2, 0.25) is 0 Å². The second kappa shape index (κ2) is 4.22. The van der Waals surface area contributed by atoms with Crippen molar-refractivity contribution >= 4 is 5.78 Å². The first kappa shape index (κ1) is 11.1. The van der Waals surface area contributed by atoms with E-state index in [4.69, 9.17) is 4.74 Å². The first-order valence-electron chi connectivity index (χ1n) is 5.20. The number of ether oxygens (including phenoxy) is 1. The molecule has 0 N–H and O–H groups in total. The zero-order chi connectivity index (χ0) is 11.7. The Labute approximate surface area is 93.8 Å². The monoisotopic (exact) mass is 223 g/mol. The second-order valence-corrected chi connectivity index (χ2v) is 3.99. The number of Topliss-reactive ketones (excluding diaryl/α,β-unsaturated/α-hetero) is 1. The van der Waals surface area contributed by atoms with Gasteiger partial charge in [-0.1, -0.05) is 6.07 Å². The van der Waals surface area contributed by atoms with Gasteiger partial charge in [0.1, 0.15) is 11.6 Å². The summed E-state index contributed by atoms with van der Waals surface area (Å²) in [4.78, 5) is 13.5. The van der Waals surface area contributed by atoms with Crippen molar-refractivity contribution in [3.05, 3.63) is 29.6 Å². The average Bonchev–Trinajstić information content (AvgIpc) is 2.59. The quantitative estimate of drug-likeness (QED) is 0.765. The Morgan fingerprint density at radius 1 is 1.50 bits per heavy atom. The molecule has 0 amide bonds. The Morgan fingerprint density at radius 2 is 2.25 bits per heavy atom. The van der Waals surface area contributed by atoms with E-state index < -0.39 is 6.04 Å². The summed E-state index contributed by atoms with van der Waals surface area (Å²) in [5, 5.41) is 0. The normalized spacial score (nSPS) is 21.4. The van der Waals surface area contributed by atoms with Gasteiger partial charge in [-0.05, 0) is 13.1 Å². The molecule has 4 heteroatoms. The van der Waals surface area contributed by atoms with Gasteiger partial charge in [-0.15, -0.1) is 0 Å². The fourth-order valence-corrected chi connectivity index (χ4v) is 2.07. The van der Waals surface area contributed by atoms with Crippen LogP contribution in [0.1, 0.15) is 18.0 Å². The fourth-order valence-electron chi connectivity index (χ4n) is 2.07. The van der Waals surface area contributed by atoms with Crippen molar-refractivity contribution in [1.29, 1.82) is 0 Å². The predicted octanol–water partition coefficient (Wildman–Crippen LogP) is 1.78. The van der Waals surface area contributed by atoms with E-state index in [1.54, 1.807) is 12.1 Å². The molecule has 1 aliphatic rings. The summed E-state index contributed by atoms with van der Waals surface area (Å²) in [6, 6.07) is 4.18. The van der Waals surface area contributed by atoms with Gasteiger partial charge < -0.3 is 4.74 Å². The minimum atomic E-state index is -0.439. The molecular weight excluding hydrogens is 209 g/mol. The van der Waals surface area contributed by atoms with Crippen LogP contribution < -0.4 is 4.74 Å². The van der Waals surface area contributed by atoms with E-state index >= 15 is 0 Å². The lowest BCUT2D eigenvalue weighted by Gasteiger charge is -2.19. The van der Waals surface area contributed by atoms with Gasteiger partial charge in [0, 0.05) is 24.6 Å². The van der Waals surface area contributed by atoms with Crippen LogP contribution in [0.25, 0.3) is 0 Å². The van der Waals surface area contributed by atoms with Crippen LogP contribution in [0.5, 0.6) is 5.75 Å². The van der Waals surface area contributed by atoms with Crippen molar-refractivity contribution in [2.75, 3.05) is 20.7 Å². The molecule has 1 unspecified atom stereocenters. The number of likely N-dealkylation sites (tertiary alicyclic amines) is 1. The topological polar surface area (TPSA) is 29.5 Å². The van der Waals surface area contributed by atoms with Gasteiger partial charge in [0.25, 0.3) is 0 Å². The minimum Gasteiger partial charge on any atom is -0.497 e. The molecule has 1 fully saturated rings. The van der Waals surface area contributed by atoms with Crippen molar-refractivity contribution in [3.63, 3.8) is 0 Å². The van der Waals surface area contributed by atoms with Gasteiger partial charge in [-0.25, -0.2) is 4.39 Å². The lowest BCUT2D eigenvalue weighted by Crippen LogP contribution is -2.22. The Hall–Kier alpha value is -1.42. The van der Waals surface area contributed by atoms with Crippen molar-refractivity contribution in [2.24, 2.45) is 0 Å². The zero-order valence-corrected chi connectivity index (χ0v) is 9.37. The summed E-state index contributed by atoms with van der Waals surface area (Å²) >= 11 is 0. The lowest BCUT2D eigenvalue weighted by atomic mass is 10.0. The van der Waals surface area contributed by atoms with Gasteiger partial charge in [0.05, 0.1) is 13.2 Å². The van der Waals surface area contributed by atoms with Crippen molar-refractivity contribution in [3.8, 4) is 5.75 Å². The molecule has 0 saturated carbocycles. The maximum Gasteiger partial charge on any atom is 0.155 e. The molecule has 1 aliphatic heterocycles. The molecule has 2 rings (SSSR count). The Balaban J connectivity index is 2.36. The van der Waals surface area contributed by atoms with Gasteiger partial charge >= 0.3 is 0 Å². The lowest BCUT2D eigenvalue weighted by molar-refractivity contribution is -0.119. The van der Waals surface area contributed by atoms with E-state index in [0.29, 0.717) is 24.3 Å². The number of hydrogen-bond acceptors (Lipinski definition) is 3. The predicted molar refractivity (Wildman–Crippen MR) is 57.9 cm³/mol. The fraction of sp³-hybridized carbons (Fsp3) is 0.417. The molecule has 1 heterocycles. The Kier molecular flexibility index (Phi) is 2.92. The van der Waals surface area contributed by atoms with E-state index in [2.05, 4.69) is 0 Å². The molecular formula is C12H14FNO2. The summed E-state index contributed by atoms with van der Waals surface area (Å²) in [5.41, 5.74) is 0.436. The summed E-state index contributed by atoms with van der Waals surface area (Å²) in [5.74, 6) is 0.160. The summed E-state index contributed by atoms with van der Waals surface area (Å²) in [6.07, 6.45) is 0.493. The molecule has 1 atom stereocenters. The summed E-state index contributed by atoms with van der Waals surface area (Å²) < 4.78 is 18.7. The number of carbonyl (C=O) groups is 1. The highest BCUT2D eigenvalue weighted by molar-refractivity contribution is 5.87. The van der Waals surface area contributed by atoms with Crippen LogP contribution in [0.15, 0.2) is 18.2 Å². The number of halogens is 1. The number of likely N-dealkylation sites (N-methyl/N-ethyl adjacent to an activating group) is 1. The third-order valence-corrected chi connectivity index (χ3v) is 2.96. The largest absolute Gasteiger partial charge is 0.497 e. The molecule has 0 aliphatic carbocycles. The van der Waals surface area contributed by atoms with Crippen LogP contribution in [0.4, 0.5) is 4.39 Å². The van der Waals surface area contributed by atoms with Gasteiger partial charge in [0.2, 0.25) is 0 Å². The first-order chi connectivity index (χ1) is 7.63. The Morgan fingerprint density at radius 3 is 2.75 bits per heavy atom. The summed E-state index contributed by atoms with van der Waals surface area (Å²) in [6.45, 7) is 0.689. The van der Waals surface area contributed by atoms with E-state index in [1.807, 2.05) is 11.9 Å². The van der Waals surface area contributed by atoms with Gasteiger partial charge in [0.15, 0.2) is 5.78 Å². The molecule has 0 aromatic heterocycles. The SMILES string of the molecule is COc1ccc(C2C(=O)CCN2C)c(F)c1. The molecule has 16 heavy (non-hydrogen) atoms. The number of carbonyl (C=O) groups excluding carboxylic acids is 1. The Bertz CT molecular complexity index is 419. The van der Waals surface area contributed by atoms with Crippen LogP contribution in [-0.4, -0.2) is 31.4 Å². The minimum absolute atomic E-state index is 0.0755. The average molecular weight is 223 g/mol. The number of hydrogen-bond donors (Lipinski definition) is 0. The smallest absolute Gasteiger partial charge is 0.155 e. The zero-order valence-electron chi connectivity index (χ0n) is 9.37. The number of ketones is 1. The van der Waals surface area contributed by atoms with Crippen molar-refractivity contribution in [2.45, 2.75) is 12.5 Å². The van der Waals surface area contributed by atoms with Crippen LogP contribution in [0, 0.1) is 5.82 Å². The molecule has 86 valence electrons. The van der Waals surface area contributed by atoms with Gasteiger partial charge in [-0.3, -0.25) is 9.69 Å². The number of methoxy groups -OCH3 is 1. The van der Waals surface area contributed by atoms with Crippen LogP contribution in [-0.2, 0) is 4.79 Å². The molecule has 1 aromatic rings. The van der Waals surface area contributed by atoms with E-state index in [1.165, 1.54) is 13.2 Å². The van der Waals surface area contributed by atoms with Crippen LogP contribution >= 0.6 is 0 Å². The highest BCUT2D eigenvalue weighted by atomic mass is 19.1. The van der Waals surface area contributed by atoms with Crippen molar-refractivity contribution in [1.82, 2.24) is 4.90 Å². The van der Waals surface area contributed by atoms with E-state index in [-0.39, 0.29) is 11.6 Å². The molecule has 1 aromatic carbocycles. The highest BCUT2D eigenvalue weighted by Gasteiger charge is 2.32. The van der Waals surface area contributed by atoms with E-state index in [0.717, 1.165) is 0 Å². The van der Waals surface area contributed by atoms with Crippen LogP contribution in [0.3, 0.4) is 0 Å². The summed E-state index contributed by atoms with van der Waals surface area (Å²) in [7, 11) is 3.32. The maximum atomic E-state index is 13.8. The molecule has 1 saturated heterocycles. The molecule has 0 radical (unpaired) electrons. The molecule has 3 nitrogen and oxygen atoms in total. The third-order valence-electron chi connectivity index (χ3n) is 2.96. The second-order valence-electron chi connectivity index (χ2n) is 3.99. The number of nitrogens with zero attached hydrogens (tertiary/aromatic N) is 1. The first-order valence-corrected chi connectivity index (χ1v) is 5.20. The number of rotatable bonds is 2. The van der Waals surface area contributed by atoms with E-state index in [9.17, 15) is 9.18 Å².